The number of nitrogens with zero attached hydrogens (tertiary/aromatic N) is 1. The summed E-state index contributed by atoms with van der Waals surface area (Å²) in [6.45, 7) is 4.09. The van der Waals surface area contributed by atoms with Crippen molar-refractivity contribution in [3.05, 3.63) is 34.8 Å². The molecule has 0 atom stereocenters. The Morgan fingerprint density at radius 3 is 2.61 bits per heavy atom. The Kier molecular flexibility index (Phi) is 6.28. The third-order valence-corrected chi connectivity index (χ3v) is 4.89. The van der Waals surface area contributed by atoms with Crippen LogP contribution in [0.4, 0.5) is 18.9 Å². The number of rotatable bonds is 6. The highest BCUT2D eigenvalue weighted by Gasteiger charge is 2.29. The Bertz CT molecular complexity index is 613. The number of alkyl halides is 3. The van der Waals surface area contributed by atoms with E-state index in [-0.39, 0.29) is 5.02 Å². The first kappa shape index (κ1) is 18.5. The molecular formula is C15H15Cl2F3N2S. The van der Waals surface area contributed by atoms with Crippen LogP contribution in [0.1, 0.15) is 12.8 Å². The molecule has 2 rings (SSSR count). The molecule has 126 valence electrons. The molecule has 0 bridgehead atoms. The Hall–Kier alpha value is -0.850. The first-order valence-corrected chi connectivity index (χ1v) is 8.65. The van der Waals surface area contributed by atoms with Crippen molar-refractivity contribution in [3.63, 3.8) is 0 Å². The fourth-order valence-electron chi connectivity index (χ4n) is 1.82. The number of benzene rings is 1. The molecule has 1 N–H and O–H groups in total. The van der Waals surface area contributed by atoms with E-state index >= 15 is 0 Å². The molecule has 23 heavy (non-hydrogen) atoms. The van der Waals surface area contributed by atoms with Gasteiger partial charge < -0.3 is 5.32 Å². The molecule has 1 aromatic carbocycles. The Labute approximate surface area is 147 Å². The van der Waals surface area contributed by atoms with Gasteiger partial charge in [0.15, 0.2) is 0 Å². The summed E-state index contributed by atoms with van der Waals surface area (Å²) in [5.74, 6) is 0.113. The van der Waals surface area contributed by atoms with E-state index in [9.17, 15) is 13.2 Å². The van der Waals surface area contributed by atoms with Crippen molar-refractivity contribution in [2.75, 3.05) is 17.6 Å². The third kappa shape index (κ3) is 5.94. The summed E-state index contributed by atoms with van der Waals surface area (Å²) < 4.78 is 37.1. The first-order chi connectivity index (χ1) is 10.8. The van der Waals surface area contributed by atoms with Gasteiger partial charge in [-0.2, -0.15) is 13.2 Å². The lowest BCUT2D eigenvalue weighted by molar-refractivity contribution is -0.105. The van der Waals surface area contributed by atoms with Crippen LogP contribution >= 0.6 is 35.0 Å². The fourth-order valence-corrected chi connectivity index (χ4v) is 3.13. The van der Waals surface area contributed by atoms with Crippen molar-refractivity contribution in [2.45, 2.75) is 23.9 Å². The van der Waals surface area contributed by atoms with Gasteiger partial charge in [-0.3, -0.25) is 4.99 Å². The maximum absolute atomic E-state index is 12.4. The molecule has 8 heteroatoms. The topological polar surface area (TPSA) is 24.4 Å². The van der Waals surface area contributed by atoms with E-state index in [1.165, 1.54) is 12.1 Å². The van der Waals surface area contributed by atoms with Crippen LogP contribution in [0.3, 0.4) is 0 Å². The number of nitrogens with one attached hydrogen (secondary N) is 1. The molecule has 0 heterocycles. The highest BCUT2D eigenvalue weighted by atomic mass is 35.5. The number of hydrogen-bond donors (Lipinski definition) is 1. The second-order valence-corrected chi connectivity index (χ2v) is 6.91. The number of hydrogen-bond acceptors (Lipinski definition) is 2. The van der Waals surface area contributed by atoms with Gasteiger partial charge in [0.25, 0.3) is 0 Å². The number of amidine groups is 1. The molecule has 0 spiro atoms. The zero-order valence-corrected chi connectivity index (χ0v) is 14.4. The maximum atomic E-state index is 12.4. The molecule has 1 fully saturated rings. The van der Waals surface area contributed by atoms with Gasteiger partial charge in [-0.05, 0) is 25.0 Å². The number of anilines is 1. The highest BCUT2D eigenvalue weighted by Crippen LogP contribution is 2.38. The summed E-state index contributed by atoms with van der Waals surface area (Å²) in [6, 6.07) is 2.98. The van der Waals surface area contributed by atoms with E-state index in [4.69, 9.17) is 23.2 Å². The van der Waals surface area contributed by atoms with Gasteiger partial charge in [-0.25, -0.2) is 0 Å². The third-order valence-electron chi connectivity index (χ3n) is 3.03. The standard InChI is InChI=1S/C15H15Cl2F3N2S/c1-2-5-21-14(9-3-4-9)22-12-7-13(11(17)6-10(12)16)23-8-15(18,19)20/h2,6-7,9H,1,3-5,8H2,(H,21,22). The van der Waals surface area contributed by atoms with Gasteiger partial charge >= 0.3 is 6.18 Å². The molecule has 1 aliphatic carbocycles. The summed E-state index contributed by atoms with van der Waals surface area (Å²) >= 11 is 12.8. The van der Waals surface area contributed by atoms with Crippen LogP contribution in [0.5, 0.6) is 0 Å². The lowest BCUT2D eigenvalue weighted by Crippen LogP contribution is -2.15. The normalized spacial score (nSPS) is 15.6. The second kappa shape index (κ2) is 7.81. The molecular weight excluding hydrogens is 368 g/mol. The van der Waals surface area contributed by atoms with Crippen molar-refractivity contribution in [1.82, 2.24) is 0 Å². The Morgan fingerprint density at radius 1 is 1.35 bits per heavy atom. The smallest absolute Gasteiger partial charge is 0.343 e. The minimum Gasteiger partial charge on any atom is -0.343 e. The average molecular weight is 383 g/mol. The quantitative estimate of drug-likeness (QED) is 0.280. The molecule has 0 amide bonds. The van der Waals surface area contributed by atoms with Gasteiger partial charge in [0.2, 0.25) is 0 Å². The first-order valence-electron chi connectivity index (χ1n) is 6.91. The SMILES string of the molecule is C=CCN=C(Nc1cc(SCC(F)(F)F)c(Cl)cc1Cl)C1CC1. The van der Waals surface area contributed by atoms with Crippen LogP contribution in [-0.4, -0.2) is 24.3 Å². The molecule has 1 aromatic rings. The largest absolute Gasteiger partial charge is 0.398 e. The average Bonchev–Trinajstić information content (AvgIpc) is 3.28. The van der Waals surface area contributed by atoms with Crippen molar-refractivity contribution < 1.29 is 13.2 Å². The molecule has 0 aliphatic heterocycles. The molecule has 0 aromatic heterocycles. The van der Waals surface area contributed by atoms with Crippen molar-refractivity contribution in [1.29, 1.82) is 0 Å². The molecule has 0 radical (unpaired) electrons. The fraction of sp³-hybridized carbons (Fsp3) is 0.400. The molecule has 0 saturated heterocycles. The molecule has 0 unspecified atom stereocenters. The number of halogens is 5. The van der Waals surface area contributed by atoms with Gasteiger partial charge in [0.05, 0.1) is 28.0 Å². The predicted octanol–water partition coefficient (Wildman–Crippen LogP) is 6.05. The van der Waals surface area contributed by atoms with Gasteiger partial charge in [0.1, 0.15) is 5.84 Å². The van der Waals surface area contributed by atoms with E-state index in [1.807, 2.05) is 0 Å². The highest BCUT2D eigenvalue weighted by molar-refractivity contribution is 7.99. The molecule has 2 nitrogen and oxygen atoms in total. The molecule has 1 aliphatic rings. The van der Waals surface area contributed by atoms with Crippen LogP contribution in [0.2, 0.25) is 10.0 Å². The van der Waals surface area contributed by atoms with E-state index in [2.05, 4.69) is 16.9 Å². The van der Waals surface area contributed by atoms with Gasteiger partial charge in [-0.15, -0.1) is 18.3 Å². The summed E-state index contributed by atoms with van der Waals surface area (Å²) in [4.78, 5) is 4.72. The van der Waals surface area contributed by atoms with Gasteiger partial charge in [-0.1, -0.05) is 29.3 Å². The van der Waals surface area contributed by atoms with E-state index in [0.29, 0.717) is 39.8 Å². The summed E-state index contributed by atoms with van der Waals surface area (Å²) in [6.07, 6.45) is -0.516. The minimum absolute atomic E-state index is 0.200. The second-order valence-electron chi connectivity index (χ2n) is 5.08. The Balaban J connectivity index is 2.18. The molecule has 1 saturated carbocycles. The zero-order valence-electron chi connectivity index (χ0n) is 12.1. The summed E-state index contributed by atoms with van der Waals surface area (Å²) in [7, 11) is 0. The van der Waals surface area contributed by atoms with E-state index in [1.54, 1.807) is 6.08 Å². The van der Waals surface area contributed by atoms with Crippen LogP contribution in [-0.2, 0) is 0 Å². The zero-order chi connectivity index (χ0) is 17.0. The Morgan fingerprint density at radius 2 is 2.04 bits per heavy atom. The lowest BCUT2D eigenvalue weighted by atomic mass is 10.3. The van der Waals surface area contributed by atoms with Crippen LogP contribution in [0, 0.1) is 5.92 Å². The van der Waals surface area contributed by atoms with Gasteiger partial charge in [0, 0.05) is 10.8 Å². The van der Waals surface area contributed by atoms with E-state index < -0.39 is 11.9 Å². The summed E-state index contributed by atoms with van der Waals surface area (Å²) in [5.41, 5.74) is 0.510. The maximum Gasteiger partial charge on any atom is 0.398 e. The van der Waals surface area contributed by atoms with E-state index in [0.717, 1.165) is 18.7 Å². The van der Waals surface area contributed by atoms with Crippen molar-refractivity contribution >= 4 is 46.5 Å². The monoisotopic (exact) mass is 382 g/mol. The number of aliphatic imine (C=N–C) groups is 1. The summed E-state index contributed by atoms with van der Waals surface area (Å²) in [5, 5.41) is 3.67. The minimum atomic E-state index is -4.26. The van der Waals surface area contributed by atoms with Crippen LogP contribution in [0.25, 0.3) is 0 Å². The van der Waals surface area contributed by atoms with Crippen LogP contribution < -0.4 is 5.32 Å². The van der Waals surface area contributed by atoms with Crippen molar-refractivity contribution in [3.8, 4) is 0 Å². The number of thioether (sulfide) groups is 1. The lowest BCUT2D eigenvalue weighted by Gasteiger charge is -2.14. The van der Waals surface area contributed by atoms with Crippen LogP contribution in [0.15, 0.2) is 34.7 Å². The van der Waals surface area contributed by atoms with Crippen molar-refractivity contribution in [2.24, 2.45) is 10.9 Å². The predicted molar refractivity (Wildman–Crippen MR) is 92.1 cm³/mol.